The zero-order chi connectivity index (χ0) is 21.1. The van der Waals surface area contributed by atoms with Crippen LogP contribution >= 0.6 is 0 Å². The fraction of sp³-hybridized carbons (Fsp3) is 0.348. The molecule has 2 aromatic carbocycles. The molecular formula is C23H27N5O2. The van der Waals surface area contributed by atoms with Crippen molar-refractivity contribution in [2.45, 2.75) is 37.8 Å². The predicted octanol–water partition coefficient (Wildman–Crippen LogP) is 1.99. The number of aromatic nitrogens is 3. The molecule has 3 aromatic rings. The molecule has 0 bridgehead atoms. The molecule has 1 aromatic heterocycles. The summed E-state index contributed by atoms with van der Waals surface area (Å²) in [6.07, 6.45) is 2.18. The van der Waals surface area contributed by atoms with Crippen LogP contribution in [0, 0.1) is 0 Å². The van der Waals surface area contributed by atoms with E-state index in [4.69, 9.17) is 0 Å². The van der Waals surface area contributed by atoms with E-state index in [1.54, 1.807) is 0 Å². The van der Waals surface area contributed by atoms with Crippen molar-refractivity contribution < 1.29 is 4.79 Å². The molecule has 30 heavy (non-hydrogen) atoms. The van der Waals surface area contributed by atoms with Gasteiger partial charge in [-0.3, -0.25) is 14.7 Å². The Balaban J connectivity index is 1.56. The third-order valence-electron chi connectivity index (χ3n) is 6.09. The monoisotopic (exact) mass is 405 g/mol. The SMILES string of the molecule is CC(NC(=O)C1(N(C)CCc2ccccc2)Cc2ccccc2C1)c1n[nH]c(=O)[nH]1. The van der Waals surface area contributed by atoms with E-state index in [2.05, 4.69) is 49.7 Å². The number of aromatic amines is 2. The molecule has 0 spiro atoms. The number of nitrogens with one attached hydrogen (secondary N) is 3. The number of amides is 1. The summed E-state index contributed by atoms with van der Waals surface area (Å²) in [4.78, 5) is 29.8. The van der Waals surface area contributed by atoms with Crippen LogP contribution in [-0.2, 0) is 24.1 Å². The summed E-state index contributed by atoms with van der Waals surface area (Å²) in [5.74, 6) is 0.372. The molecule has 4 rings (SSSR count). The summed E-state index contributed by atoms with van der Waals surface area (Å²) in [6, 6.07) is 18.1. The highest BCUT2D eigenvalue weighted by Crippen LogP contribution is 2.35. The van der Waals surface area contributed by atoms with Gasteiger partial charge in [0.15, 0.2) is 5.82 Å². The third-order valence-corrected chi connectivity index (χ3v) is 6.09. The molecule has 7 nitrogen and oxygen atoms in total. The third kappa shape index (κ3) is 3.93. The van der Waals surface area contributed by atoms with Crippen LogP contribution in [-0.4, -0.2) is 45.1 Å². The topological polar surface area (TPSA) is 93.9 Å². The van der Waals surface area contributed by atoms with Crippen molar-refractivity contribution in [1.82, 2.24) is 25.4 Å². The van der Waals surface area contributed by atoms with Gasteiger partial charge in [-0.1, -0.05) is 54.6 Å². The van der Waals surface area contributed by atoms with Gasteiger partial charge in [0.25, 0.3) is 0 Å². The highest BCUT2D eigenvalue weighted by molar-refractivity contribution is 5.88. The molecule has 1 unspecified atom stereocenters. The first-order valence-corrected chi connectivity index (χ1v) is 10.3. The number of nitrogens with zero attached hydrogens (tertiary/aromatic N) is 2. The molecule has 7 heteroatoms. The minimum Gasteiger partial charge on any atom is -0.345 e. The zero-order valence-electron chi connectivity index (χ0n) is 17.3. The molecular weight excluding hydrogens is 378 g/mol. The van der Waals surface area contributed by atoms with E-state index in [1.807, 2.05) is 44.3 Å². The number of fused-ring (bicyclic) bond motifs is 1. The molecule has 1 atom stereocenters. The average molecular weight is 406 g/mol. The van der Waals surface area contributed by atoms with E-state index in [1.165, 1.54) is 16.7 Å². The van der Waals surface area contributed by atoms with Gasteiger partial charge >= 0.3 is 5.69 Å². The number of H-pyrrole nitrogens is 2. The predicted molar refractivity (Wildman–Crippen MR) is 115 cm³/mol. The van der Waals surface area contributed by atoms with Gasteiger partial charge in [0.05, 0.1) is 6.04 Å². The van der Waals surface area contributed by atoms with Crippen LogP contribution in [0.15, 0.2) is 59.4 Å². The van der Waals surface area contributed by atoms with Crippen LogP contribution in [0.3, 0.4) is 0 Å². The molecule has 1 amide bonds. The minimum absolute atomic E-state index is 0.0504. The molecule has 3 N–H and O–H groups in total. The summed E-state index contributed by atoms with van der Waals surface area (Å²) in [6.45, 7) is 2.59. The maximum atomic E-state index is 13.6. The second-order valence-corrected chi connectivity index (χ2v) is 8.07. The Morgan fingerprint density at radius 3 is 2.37 bits per heavy atom. The van der Waals surface area contributed by atoms with Crippen molar-refractivity contribution in [3.8, 4) is 0 Å². The molecule has 156 valence electrons. The fourth-order valence-electron chi connectivity index (χ4n) is 4.24. The highest BCUT2D eigenvalue weighted by Gasteiger charge is 2.47. The quantitative estimate of drug-likeness (QED) is 0.560. The van der Waals surface area contributed by atoms with Crippen LogP contribution in [0.2, 0.25) is 0 Å². The standard InChI is InChI=1S/C23H27N5O2/c1-16(20-25-22(30)27-26-20)24-21(29)23(14-18-10-6-7-11-19(18)15-23)28(2)13-12-17-8-4-3-5-9-17/h3-11,16H,12-15H2,1-2H3,(H,24,29)(H2,25,26,27,30). The molecule has 1 heterocycles. The lowest BCUT2D eigenvalue weighted by Crippen LogP contribution is -2.59. The minimum atomic E-state index is -0.677. The van der Waals surface area contributed by atoms with Crippen LogP contribution in [0.5, 0.6) is 0 Å². The normalized spacial score (nSPS) is 15.7. The van der Waals surface area contributed by atoms with Crippen molar-refractivity contribution in [1.29, 1.82) is 0 Å². The lowest BCUT2D eigenvalue weighted by molar-refractivity contribution is -0.133. The Hall–Kier alpha value is -3.19. The largest absolute Gasteiger partial charge is 0.345 e. The Morgan fingerprint density at radius 1 is 1.13 bits per heavy atom. The van der Waals surface area contributed by atoms with E-state index < -0.39 is 11.6 Å². The Kier molecular flexibility index (Phi) is 5.55. The number of likely N-dealkylation sites (N-methyl/N-ethyl adjacent to an activating group) is 1. The summed E-state index contributed by atoms with van der Waals surface area (Å²) >= 11 is 0. The maximum absolute atomic E-state index is 13.6. The van der Waals surface area contributed by atoms with Gasteiger partial charge in [-0.15, -0.1) is 0 Å². The average Bonchev–Trinajstić information content (AvgIpc) is 3.37. The van der Waals surface area contributed by atoms with Crippen molar-refractivity contribution in [3.63, 3.8) is 0 Å². The molecule has 0 saturated heterocycles. The summed E-state index contributed by atoms with van der Waals surface area (Å²) in [7, 11) is 2.02. The molecule has 1 aliphatic rings. The van der Waals surface area contributed by atoms with E-state index in [9.17, 15) is 9.59 Å². The summed E-state index contributed by atoms with van der Waals surface area (Å²) in [5.41, 5.74) is 2.61. The second kappa shape index (κ2) is 8.28. The maximum Gasteiger partial charge on any atom is 0.340 e. The summed E-state index contributed by atoms with van der Waals surface area (Å²) in [5, 5.41) is 9.38. The van der Waals surface area contributed by atoms with Crippen LogP contribution in [0.1, 0.15) is 35.5 Å². The molecule has 0 saturated carbocycles. The van der Waals surface area contributed by atoms with Crippen molar-refractivity contribution >= 4 is 5.91 Å². The first-order valence-electron chi connectivity index (χ1n) is 10.3. The molecule has 1 aliphatic carbocycles. The van der Waals surface area contributed by atoms with Crippen LogP contribution < -0.4 is 11.0 Å². The van der Waals surface area contributed by atoms with E-state index in [0.29, 0.717) is 18.7 Å². The number of hydrogen-bond acceptors (Lipinski definition) is 4. The molecule has 0 radical (unpaired) electrons. The first kappa shape index (κ1) is 20.1. The first-order chi connectivity index (χ1) is 14.5. The van der Waals surface area contributed by atoms with Crippen molar-refractivity contribution in [2.24, 2.45) is 0 Å². The highest BCUT2D eigenvalue weighted by atomic mass is 16.2. The van der Waals surface area contributed by atoms with E-state index in [0.717, 1.165) is 13.0 Å². The fourth-order valence-corrected chi connectivity index (χ4v) is 4.24. The van der Waals surface area contributed by atoms with Crippen molar-refractivity contribution in [2.75, 3.05) is 13.6 Å². The van der Waals surface area contributed by atoms with Gasteiger partial charge < -0.3 is 5.32 Å². The Bertz CT molecular complexity index is 1050. The smallest absolute Gasteiger partial charge is 0.340 e. The van der Waals surface area contributed by atoms with E-state index in [-0.39, 0.29) is 11.6 Å². The molecule has 0 fully saturated rings. The number of rotatable bonds is 7. The Morgan fingerprint density at radius 2 is 1.77 bits per heavy atom. The van der Waals surface area contributed by atoms with Crippen molar-refractivity contribution in [3.05, 3.63) is 87.6 Å². The number of carbonyl (C=O) groups excluding carboxylic acids is 1. The van der Waals surface area contributed by atoms with Crippen LogP contribution in [0.25, 0.3) is 0 Å². The van der Waals surface area contributed by atoms with Gasteiger partial charge in [-0.2, -0.15) is 5.10 Å². The van der Waals surface area contributed by atoms with Gasteiger partial charge in [0.2, 0.25) is 5.91 Å². The van der Waals surface area contributed by atoms with Crippen LogP contribution in [0.4, 0.5) is 0 Å². The van der Waals surface area contributed by atoms with Gasteiger partial charge in [0, 0.05) is 19.4 Å². The lowest BCUT2D eigenvalue weighted by Gasteiger charge is -2.38. The number of carbonyl (C=O) groups is 1. The van der Waals surface area contributed by atoms with Gasteiger partial charge in [-0.05, 0) is 37.1 Å². The number of benzene rings is 2. The summed E-state index contributed by atoms with van der Waals surface area (Å²) < 4.78 is 0. The zero-order valence-corrected chi connectivity index (χ0v) is 17.3. The van der Waals surface area contributed by atoms with Gasteiger partial charge in [-0.25, -0.2) is 9.89 Å². The second-order valence-electron chi connectivity index (χ2n) is 8.07. The Labute approximate surface area is 175 Å². The number of hydrogen-bond donors (Lipinski definition) is 3. The molecule has 0 aliphatic heterocycles. The van der Waals surface area contributed by atoms with E-state index >= 15 is 0 Å². The lowest BCUT2D eigenvalue weighted by atomic mass is 9.91. The van der Waals surface area contributed by atoms with Gasteiger partial charge in [0.1, 0.15) is 5.54 Å².